The van der Waals surface area contributed by atoms with Crippen LogP contribution in [0.4, 0.5) is 22.0 Å². The molecule has 0 radical (unpaired) electrons. The van der Waals surface area contributed by atoms with Gasteiger partial charge in [-0.15, -0.1) is 0 Å². The minimum absolute atomic E-state index is 0.0442. The molecular formula is C20H17F5N4O2. The number of hydrogen-bond donors (Lipinski definition) is 1. The predicted octanol–water partition coefficient (Wildman–Crippen LogP) is 4.17. The van der Waals surface area contributed by atoms with Gasteiger partial charge in [0.25, 0.3) is 5.91 Å². The van der Waals surface area contributed by atoms with Crippen LogP contribution in [0.5, 0.6) is 5.75 Å². The van der Waals surface area contributed by atoms with Crippen molar-refractivity contribution < 1.29 is 31.5 Å². The van der Waals surface area contributed by atoms with Crippen LogP contribution in [-0.2, 0) is 12.6 Å². The maximum atomic E-state index is 12.7. The second-order valence-electron chi connectivity index (χ2n) is 6.49. The fourth-order valence-electron chi connectivity index (χ4n) is 2.80. The molecule has 0 spiro atoms. The third-order valence-electron chi connectivity index (χ3n) is 4.39. The molecule has 164 valence electrons. The van der Waals surface area contributed by atoms with Crippen molar-refractivity contribution >= 4 is 5.91 Å². The molecule has 2 heterocycles. The van der Waals surface area contributed by atoms with Gasteiger partial charge in [-0.3, -0.25) is 4.79 Å². The Labute approximate surface area is 173 Å². The SMILES string of the molecule is Cc1c(C(=O)NCCc2ccc(OC(F)F)cc2)cnn1-c1ccc(C(F)(F)F)cn1. The zero-order valence-corrected chi connectivity index (χ0v) is 16.2. The summed E-state index contributed by atoms with van der Waals surface area (Å²) >= 11 is 0. The second-order valence-corrected chi connectivity index (χ2v) is 6.49. The van der Waals surface area contributed by atoms with Crippen LogP contribution in [0.25, 0.3) is 5.82 Å². The van der Waals surface area contributed by atoms with Crippen LogP contribution in [0, 0.1) is 6.92 Å². The van der Waals surface area contributed by atoms with Crippen LogP contribution in [0.1, 0.15) is 27.2 Å². The molecule has 2 aromatic heterocycles. The summed E-state index contributed by atoms with van der Waals surface area (Å²) in [6.45, 7) is -1.02. The van der Waals surface area contributed by atoms with Crippen molar-refractivity contribution in [3.05, 3.63) is 71.2 Å². The number of halogens is 5. The van der Waals surface area contributed by atoms with Gasteiger partial charge in [-0.25, -0.2) is 9.67 Å². The van der Waals surface area contributed by atoms with Gasteiger partial charge in [0.15, 0.2) is 5.82 Å². The number of aromatic nitrogens is 3. The first-order chi connectivity index (χ1) is 14.6. The summed E-state index contributed by atoms with van der Waals surface area (Å²) in [7, 11) is 0. The van der Waals surface area contributed by atoms with E-state index in [0.29, 0.717) is 18.3 Å². The van der Waals surface area contributed by atoms with Gasteiger partial charge in [-0.05, 0) is 43.2 Å². The van der Waals surface area contributed by atoms with Gasteiger partial charge in [-0.2, -0.15) is 27.1 Å². The van der Waals surface area contributed by atoms with E-state index < -0.39 is 24.3 Å². The van der Waals surface area contributed by atoms with Gasteiger partial charge >= 0.3 is 12.8 Å². The molecule has 0 saturated carbocycles. The minimum atomic E-state index is -4.49. The molecule has 1 N–H and O–H groups in total. The number of alkyl halides is 5. The number of nitrogens with zero attached hydrogens (tertiary/aromatic N) is 3. The number of benzene rings is 1. The van der Waals surface area contributed by atoms with Crippen molar-refractivity contribution in [2.75, 3.05) is 6.54 Å². The fraction of sp³-hybridized carbons (Fsp3) is 0.250. The van der Waals surface area contributed by atoms with Crippen LogP contribution in [-0.4, -0.2) is 33.8 Å². The average molecular weight is 440 g/mol. The topological polar surface area (TPSA) is 69.0 Å². The lowest BCUT2D eigenvalue weighted by Crippen LogP contribution is -2.26. The molecule has 3 aromatic rings. The van der Waals surface area contributed by atoms with E-state index >= 15 is 0 Å². The third-order valence-corrected chi connectivity index (χ3v) is 4.39. The van der Waals surface area contributed by atoms with Gasteiger partial charge in [-0.1, -0.05) is 12.1 Å². The quantitative estimate of drug-likeness (QED) is 0.560. The molecule has 0 aliphatic rings. The molecule has 0 unspecified atom stereocenters. The summed E-state index contributed by atoms with van der Waals surface area (Å²) in [5.41, 5.74) is 0.594. The summed E-state index contributed by atoms with van der Waals surface area (Å²) in [6, 6.07) is 8.11. The number of carbonyl (C=O) groups is 1. The van der Waals surface area contributed by atoms with Crippen molar-refractivity contribution in [1.29, 1.82) is 0 Å². The van der Waals surface area contributed by atoms with E-state index in [-0.39, 0.29) is 23.7 Å². The molecule has 0 bridgehead atoms. The number of hydrogen-bond acceptors (Lipinski definition) is 4. The van der Waals surface area contributed by atoms with E-state index in [4.69, 9.17) is 0 Å². The molecule has 0 aliphatic heterocycles. The van der Waals surface area contributed by atoms with E-state index in [0.717, 1.165) is 11.6 Å². The van der Waals surface area contributed by atoms with E-state index in [1.165, 1.54) is 29.1 Å². The van der Waals surface area contributed by atoms with Gasteiger partial charge in [0.1, 0.15) is 5.75 Å². The van der Waals surface area contributed by atoms with Gasteiger partial charge in [0, 0.05) is 12.7 Å². The fourth-order valence-corrected chi connectivity index (χ4v) is 2.80. The van der Waals surface area contributed by atoms with E-state index in [2.05, 4.69) is 20.1 Å². The Bertz CT molecular complexity index is 1030. The number of pyridine rings is 1. The number of nitrogens with one attached hydrogen (secondary N) is 1. The number of rotatable bonds is 7. The first-order valence-corrected chi connectivity index (χ1v) is 9.05. The Hall–Kier alpha value is -3.50. The Morgan fingerprint density at radius 3 is 2.42 bits per heavy atom. The first-order valence-electron chi connectivity index (χ1n) is 9.05. The average Bonchev–Trinajstić information content (AvgIpc) is 3.10. The number of carbonyl (C=O) groups excluding carboxylic acids is 1. The monoisotopic (exact) mass is 440 g/mol. The van der Waals surface area contributed by atoms with Crippen molar-refractivity contribution in [3.8, 4) is 11.6 Å². The second kappa shape index (κ2) is 9.11. The summed E-state index contributed by atoms with van der Waals surface area (Å²) in [4.78, 5) is 16.2. The lowest BCUT2D eigenvalue weighted by atomic mass is 10.1. The van der Waals surface area contributed by atoms with Crippen molar-refractivity contribution in [3.63, 3.8) is 0 Å². The van der Waals surface area contributed by atoms with Gasteiger partial charge < -0.3 is 10.1 Å². The highest BCUT2D eigenvalue weighted by atomic mass is 19.4. The molecule has 1 aromatic carbocycles. The molecule has 0 saturated heterocycles. The highest BCUT2D eigenvalue weighted by molar-refractivity contribution is 5.95. The van der Waals surface area contributed by atoms with Crippen LogP contribution in [0.2, 0.25) is 0 Å². The maximum absolute atomic E-state index is 12.7. The van der Waals surface area contributed by atoms with Gasteiger partial charge in [0.05, 0.1) is 23.0 Å². The third kappa shape index (κ3) is 5.56. The molecule has 11 heteroatoms. The normalized spacial score (nSPS) is 11.6. The Balaban J connectivity index is 1.60. The number of ether oxygens (including phenoxy) is 1. The Kier molecular flexibility index (Phi) is 6.52. The van der Waals surface area contributed by atoms with Crippen LogP contribution in [0.3, 0.4) is 0 Å². The first kappa shape index (κ1) is 22.2. The summed E-state index contributed by atoms with van der Waals surface area (Å²) < 4.78 is 67.9. The molecule has 0 atom stereocenters. The van der Waals surface area contributed by atoms with Crippen molar-refractivity contribution in [2.45, 2.75) is 26.1 Å². The highest BCUT2D eigenvalue weighted by Gasteiger charge is 2.30. The maximum Gasteiger partial charge on any atom is 0.417 e. The van der Waals surface area contributed by atoms with Crippen LogP contribution in [0.15, 0.2) is 48.8 Å². The smallest absolute Gasteiger partial charge is 0.417 e. The molecule has 6 nitrogen and oxygen atoms in total. The highest BCUT2D eigenvalue weighted by Crippen LogP contribution is 2.28. The minimum Gasteiger partial charge on any atom is -0.435 e. The molecule has 0 fully saturated rings. The van der Waals surface area contributed by atoms with Gasteiger partial charge in [0.2, 0.25) is 0 Å². The largest absolute Gasteiger partial charge is 0.435 e. The number of amides is 1. The Morgan fingerprint density at radius 1 is 1.13 bits per heavy atom. The lowest BCUT2D eigenvalue weighted by Gasteiger charge is -2.09. The lowest BCUT2D eigenvalue weighted by molar-refractivity contribution is -0.137. The standard InChI is InChI=1S/C20H17F5N4O2/c1-12-16(11-28-29(12)17-7-4-14(10-27-17)20(23,24)25)18(30)26-9-8-13-2-5-15(6-3-13)31-19(21)22/h2-7,10-11,19H,8-9H2,1H3,(H,26,30). The van der Waals surface area contributed by atoms with E-state index in [1.807, 2.05) is 0 Å². The zero-order chi connectivity index (χ0) is 22.6. The summed E-state index contributed by atoms with van der Waals surface area (Å²) in [6.07, 6.45) is -2.03. The molecular weight excluding hydrogens is 423 g/mol. The van der Waals surface area contributed by atoms with E-state index in [9.17, 15) is 26.7 Å². The van der Waals surface area contributed by atoms with Crippen LogP contribution < -0.4 is 10.1 Å². The zero-order valence-electron chi connectivity index (χ0n) is 16.2. The predicted molar refractivity (Wildman–Crippen MR) is 100 cm³/mol. The molecule has 31 heavy (non-hydrogen) atoms. The molecule has 1 amide bonds. The van der Waals surface area contributed by atoms with Crippen molar-refractivity contribution in [2.24, 2.45) is 0 Å². The van der Waals surface area contributed by atoms with Crippen LogP contribution >= 0.6 is 0 Å². The summed E-state index contributed by atoms with van der Waals surface area (Å²) in [5.74, 6) is -0.216. The van der Waals surface area contributed by atoms with E-state index in [1.54, 1.807) is 19.1 Å². The molecule has 0 aliphatic carbocycles. The summed E-state index contributed by atoms with van der Waals surface area (Å²) in [5, 5.41) is 6.75. The Morgan fingerprint density at radius 2 is 1.84 bits per heavy atom. The molecule has 3 rings (SSSR count). The van der Waals surface area contributed by atoms with Crippen molar-refractivity contribution in [1.82, 2.24) is 20.1 Å².